The van der Waals surface area contributed by atoms with Gasteiger partial charge in [-0.3, -0.25) is 0 Å². The van der Waals surface area contributed by atoms with Gasteiger partial charge in [0.2, 0.25) is 0 Å². The van der Waals surface area contributed by atoms with Crippen molar-refractivity contribution in [1.29, 1.82) is 0 Å². The standard InChI is InChI=1S/C3H9N3O3S/c1-2-3-6(5-7)10(4,8)9/h2-3H2,1H3,(H2,4,8,9). The predicted molar refractivity (Wildman–Crippen MR) is 35.9 cm³/mol. The van der Waals surface area contributed by atoms with Gasteiger partial charge in [0.15, 0.2) is 0 Å². The molecule has 0 saturated carbocycles. The summed E-state index contributed by atoms with van der Waals surface area (Å²) in [6, 6.07) is 0. The molecule has 0 rings (SSSR count). The van der Waals surface area contributed by atoms with Crippen molar-refractivity contribution in [2.45, 2.75) is 13.3 Å². The third kappa shape index (κ3) is 2.74. The van der Waals surface area contributed by atoms with E-state index in [1.54, 1.807) is 6.92 Å². The molecule has 0 fully saturated rings. The number of rotatable bonds is 4. The number of nitrogens with two attached hydrogens (primary N) is 1. The zero-order chi connectivity index (χ0) is 8.20. The molecule has 2 N–H and O–H groups in total. The summed E-state index contributed by atoms with van der Waals surface area (Å²) >= 11 is 0. The Kier molecular flexibility index (Phi) is 3.23. The van der Waals surface area contributed by atoms with Crippen LogP contribution in [0.25, 0.3) is 0 Å². The van der Waals surface area contributed by atoms with Gasteiger partial charge in [-0.25, -0.2) is 5.14 Å². The normalized spacial score (nSPS) is 11.0. The predicted octanol–water partition coefficient (Wildman–Crippen LogP) is -0.417. The van der Waals surface area contributed by atoms with E-state index < -0.39 is 10.2 Å². The molecule has 0 bridgehead atoms. The molecule has 0 aliphatic rings. The molecular weight excluding hydrogens is 158 g/mol. The van der Waals surface area contributed by atoms with Crippen molar-refractivity contribution in [3.63, 3.8) is 0 Å². The van der Waals surface area contributed by atoms with Gasteiger partial charge in [0, 0.05) is 0 Å². The minimum absolute atomic E-state index is 0.0301. The van der Waals surface area contributed by atoms with Crippen LogP contribution in [0.15, 0.2) is 5.29 Å². The van der Waals surface area contributed by atoms with Crippen LogP contribution in [0, 0.1) is 4.91 Å². The second-order valence-electron chi connectivity index (χ2n) is 1.67. The van der Waals surface area contributed by atoms with Crippen LogP contribution in [0.3, 0.4) is 0 Å². The Labute approximate surface area is 59.1 Å². The van der Waals surface area contributed by atoms with E-state index in [0.717, 1.165) is 0 Å². The van der Waals surface area contributed by atoms with E-state index >= 15 is 0 Å². The number of hydrogen-bond donors (Lipinski definition) is 1. The molecule has 60 valence electrons. The fourth-order valence-corrected chi connectivity index (χ4v) is 0.936. The minimum atomic E-state index is -3.92. The lowest BCUT2D eigenvalue weighted by atomic mass is 10.5. The molecule has 0 heterocycles. The third-order valence-corrected chi connectivity index (χ3v) is 1.64. The zero-order valence-corrected chi connectivity index (χ0v) is 6.34. The smallest absolute Gasteiger partial charge is 0.210 e. The van der Waals surface area contributed by atoms with Crippen LogP contribution in [0.2, 0.25) is 0 Å². The molecule has 0 unspecified atom stereocenters. The van der Waals surface area contributed by atoms with E-state index in [1.807, 2.05) is 0 Å². The van der Waals surface area contributed by atoms with Crippen molar-refractivity contribution >= 4 is 10.2 Å². The van der Waals surface area contributed by atoms with E-state index in [1.165, 1.54) is 0 Å². The fraction of sp³-hybridized carbons (Fsp3) is 1.00. The first-order valence-electron chi connectivity index (χ1n) is 2.66. The van der Waals surface area contributed by atoms with Crippen LogP contribution in [0.1, 0.15) is 13.3 Å². The van der Waals surface area contributed by atoms with Crippen molar-refractivity contribution < 1.29 is 8.42 Å². The lowest BCUT2D eigenvalue weighted by Crippen LogP contribution is -2.32. The quantitative estimate of drug-likeness (QED) is 0.455. The monoisotopic (exact) mass is 167 g/mol. The average molecular weight is 167 g/mol. The van der Waals surface area contributed by atoms with Gasteiger partial charge in [0.25, 0.3) is 0 Å². The maximum absolute atomic E-state index is 10.4. The summed E-state index contributed by atoms with van der Waals surface area (Å²) in [6.45, 7) is 1.74. The average Bonchev–Trinajstić information content (AvgIpc) is 1.80. The Morgan fingerprint density at radius 3 is 2.20 bits per heavy atom. The Morgan fingerprint density at radius 2 is 2.10 bits per heavy atom. The van der Waals surface area contributed by atoms with Gasteiger partial charge >= 0.3 is 10.2 Å². The van der Waals surface area contributed by atoms with Crippen molar-refractivity contribution in [3.8, 4) is 0 Å². The van der Waals surface area contributed by atoms with Crippen LogP contribution >= 0.6 is 0 Å². The van der Waals surface area contributed by atoms with E-state index in [9.17, 15) is 13.3 Å². The number of hydrogen-bond acceptors (Lipinski definition) is 4. The summed E-state index contributed by atoms with van der Waals surface area (Å²) in [6.07, 6.45) is 0.502. The topological polar surface area (TPSA) is 92.8 Å². The van der Waals surface area contributed by atoms with Crippen molar-refractivity contribution in [1.82, 2.24) is 4.41 Å². The summed E-state index contributed by atoms with van der Waals surface area (Å²) in [5.41, 5.74) is 0. The minimum Gasteiger partial charge on any atom is -0.210 e. The molecule has 0 amide bonds. The highest BCUT2D eigenvalue weighted by Crippen LogP contribution is 1.95. The van der Waals surface area contributed by atoms with Gasteiger partial charge < -0.3 is 0 Å². The molecule has 0 radical (unpaired) electrons. The molecule has 0 aromatic rings. The van der Waals surface area contributed by atoms with E-state index in [2.05, 4.69) is 10.4 Å². The first-order chi connectivity index (χ1) is 4.52. The summed E-state index contributed by atoms with van der Waals surface area (Å²) in [4.78, 5) is 9.76. The van der Waals surface area contributed by atoms with Crippen molar-refractivity contribution in [2.24, 2.45) is 10.4 Å². The molecule has 0 aromatic heterocycles. The second-order valence-corrected chi connectivity index (χ2v) is 3.12. The lowest BCUT2D eigenvalue weighted by molar-refractivity contribution is 0.426. The highest BCUT2D eigenvalue weighted by Gasteiger charge is 2.13. The molecule has 10 heavy (non-hydrogen) atoms. The first kappa shape index (κ1) is 9.31. The number of nitrogens with zero attached hydrogens (tertiary/aromatic N) is 2. The van der Waals surface area contributed by atoms with Crippen molar-refractivity contribution in [2.75, 3.05) is 6.54 Å². The van der Waals surface area contributed by atoms with Crippen LogP contribution in [-0.4, -0.2) is 19.4 Å². The Balaban J connectivity index is 4.22. The van der Waals surface area contributed by atoms with Gasteiger partial charge in [-0.15, -0.1) is 9.32 Å². The van der Waals surface area contributed by atoms with E-state index in [0.29, 0.717) is 10.8 Å². The van der Waals surface area contributed by atoms with E-state index in [4.69, 9.17) is 0 Å². The summed E-state index contributed by atoms with van der Waals surface area (Å²) < 4.78 is 21.0. The Hall–Kier alpha value is -0.690. The highest BCUT2D eigenvalue weighted by molar-refractivity contribution is 7.86. The Morgan fingerprint density at radius 1 is 1.60 bits per heavy atom. The zero-order valence-electron chi connectivity index (χ0n) is 5.52. The maximum Gasteiger partial charge on any atom is 0.316 e. The van der Waals surface area contributed by atoms with Crippen molar-refractivity contribution in [3.05, 3.63) is 4.91 Å². The van der Waals surface area contributed by atoms with Crippen LogP contribution < -0.4 is 5.14 Å². The Bertz CT molecular complexity index is 199. The maximum atomic E-state index is 10.4. The molecule has 0 aliphatic carbocycles. The second kappa shape index (κ2) is 3.47. The molecule has 0 spiro atoms. The number of nitroso groups, excluding NO2 is 1. The van der Waals surface area contributed by atoms with Gasteiger partial charge in [0.1, 0.15) is 0 Å². The van der Waals surface area contributed by atoms with Crippen LogP contribution in [0.5, 0.6) is 0 Å². The third-order valence-electron chi connectivity index (χ3n) is 0.800. The summed E-state index contributed by atoms with van der Waals surface area (Å²) in [7, 11) is -3.92. The molecule has 7 heteroatoms. The fourth-order valence-electron chi connectivity index (χ4n) is 0.406. The van der Waals surface area contributed by atoms with Gasteiger partial charge in [0.05, 0.1) is 11.8 Å². The molecule has 0 saturated heterocycles. The first-order valence-corrected chi connectivity index (χ1v) is 4.16. The van der Waals surface area contributed by atoms with Gasteiger partial charge in [-0.05, 0) is 6.42 Å². The van der Waals surface area contributed by atoms with Crippen LogP contribution in [0.4, 0.5) is 0 Å². The highest BCUT2D eigenvalue weighted by atomic mass is 32.2. The molecular formula is C3H9N3O3S. The molecule has 0 atom stereocenters. The molecule has 0 aromatic carbocycles. The van der Waals surface area contributed by atoms with Gasteiger partial charge in [-0.1, -0.05) is 6.92 Å². The van der Waals surface area contributed by atoms with Crippen LogP contribution in [-0.2, 0) is 10.2 Å². The lowest BCUT2D eigenvalue weighted by Gasteiger charge is -2.08. The SMILES string of the molecule is CCCN(N=O)S(N)(=O)=O. The van der Waals surface area contributed by atoms with Gasteiger partial charge in [-0.2, -0.15) is 8.42 Å². The summed E-state index contributed by atoms with van der Waals surface area (Å²) in [5.74, 6) is 0. The summed E-state index contributed by atoms with van der Waals surface area (Å²) in [5, 5.41) is 6.80. The largest absolute Gasteiger partial charge is 0.316 e. The molecule has 0 aliphatic heterocycles. The molecule has 6 nitrogen and oxygen atoms in total. The van der Waals surface area contributed by atoms with E-state index in [-0.39, 0.29) is 6.54 Å².